The third-order valence-electron chi connectivity index (χ3n) is 3.58. The Morgan fingerprint density at radius 2 is 1.84 bits per heavy atom. The minimum atomic E-state index is -0.146. The predicted octanol–water partition coefficient (Wildman–Crippen LogP) is 3.92. The summed E-state index contributed by atoms with van der Waals surface area (Å²) in [5, 5.41) is 0. The molecule has 2 rings (SSSR count). The molecule has 1 atom stereocenters. The van der Waals surface area contributed by atoms with Crippen molar-refractivity contribution in [2.75, 3.05) is 6.54 Å². The van der Waals surface area contributed by atoms with Crippen molar-refractivity contribution in [2.24, 2.45) is 5.73 Å². The third kappa shape index (κ3) is 3.02. The van der Waals surface area contributed by atoms with E-state index in [4.69, 9.17) is 5.73 Å². The fourth-order valence-electron chi connectivity index (χ4n) is 2.56. The molecule has 0 radical (unpaired) electrons. The van der Waals surface area contributed by atoms with Crippen LogP contribution in [-0.2, 0) is 0 Å². The van der Waals surface area contributed by atoms with Crippen molar-refractivity contribution < 1.29 is 4.39 Å². The zero-order chi connectivity index (χ0) is 13.8. The molecule has 19 heavy (non-hydrogen) atoms. The molecule has 1 nitrogen and oxygen atoms in total. The summed E-state index contributed by atoms with van der Waals surface area (Å²) in [5.41, 5.74) is 9.92. The van der Waals surface area contributed by atoms with Crippen molar-refractivity contribution in [3.63, 3.8) is 0 Å². The fourth-order valence-corrected chi connectivity index (χ4v) is 2.56. The van der Waals surface area contributed by atoms with Gasteiger partial charge in [-0.15, -0.1) is 0 Å². The van der Waals surface area contributed by atoms with Crippen LogP contribution in [0.4, 0.5) is 4.39 Å². The summed E-state index contributed by atoms with van der Waals surface area (Å²) in [6.45, 7) is 4.50. The van der Waals surface area contributed by atoms with Gasteiger partial charge in [-0.05, 0) is 49.6 Å². The lowest BCUT2D eigenvalue weighted by Gasteiger charge is -2.20. The molecule has 0 spiro atoms. The molecule has 0 bridgehead atoms. The Bertz CT molecular complexity index is 563. The number of benzene rings is 2. The van der Waals surface area contributed by atoms with Crippen molar-refractivity contribution in [3.05, 3.63) is 70.5 Å². The number of rotatable bonds is 4. The number of nitrogens with two attached hydrogens (primary N) is 1. The van der Waals surface area contributed by atoms with E-state index in [0.29, 0.717) is 6.54 Å². The highest BCUT2D eigenvalue weighted by Crippen LogP contribution is 2.31. The molecule has 0 aliphatic heterocycles. The van der Waals surface area contributed by atoms with Crippen LogP contribution in [0.25, 0.3) is 0 Å². The molecule has 2 aromatic rings. The Kier molecular flexibility index (Phi) is 4.33. The number of hydrogen-bond acceptors (Lipinski definition) is 1. The van der Waals surface area contributed by atoms with Gasteiger partial charge >= 0.3 is 0 Å². The van der Waals surface area contributed by atoms with Crippen molar-refractivity contribution >= 4 is 0 Å². The molecule has 0 heterocycles. The summed E-state index contributed by atoms with van der Waals surface area (Å²) in [6.07, 6.45) is 0.827. The maximum atomic E-state index is 13.7. The maximum absolute atomic E-state index is 13.7. The van der Waals surface area contributed by atoms with Crippen molar-refractivity contribution in [1.82, 2.24) is 0 Å². The number of aryl methyl sites for hydroxylation is 1. The largest absolute Gasteiger partial charge is 0.330 e. The molecule has 100 valence electrons. The molecule has 1 unspecified atom stereocenters. The first-order valence-electron chi connectivity index (χ1n) is 6.65. The summed E-state index contributed by atoms with van der Waals surface area (Å²) < 4.78 is 13.7. The first-order valence-corrected chi connectivity index (χ1v) is 6.65. The summed E-state index contributed by atoms with van der Waals surface area (Å²) >= 11 is 0. The smallest absolute Gasteiger partial charge is 0.126 e. The first-order chi connectivity index (χ1) is 9.13. The molecule has 2 N–H and O–H groups in total. The van der Waals surface area contributed by atoms with E-state index in [9.17, 15) is 4.39 Å². The van der Waals surface area contributed by atoms with Gasteiger partial charge in [0.05, 0.1) is 0 Å². The Morgan fingerprint density at radius 3 is 2.53 bits per heavy atom. The Morgan fingerprint density at radius 1 is 1.11 bits per heavy atom. The van der Waals surface area contributed by atoms with Gasteiger partial charge in [0, 0.05) is 5.92 Å². The maximum Gasteiger partial charge on any atom is 0.126 e. The quantitative estimate of drug-likeness (QED) is 0.882. The minimum absolute atomic E-state index is 0.146. The molecule has 0 aliphatic rings. The Balaban J connectivity index is 2.48. The van der Waals surface area contributed by atoms with Crippen LogP contribution in [0.15, 0.2) is 42.5 Å². The van der Waals surface area contributed by atoms with E-state index in [-0.39, 0.29) is 11.7 Å². The highest BCUT2D eigenvalue weighted by molar-refractivity contribution is 5.39. The van der Waals surface area contributed by atoms with Gasteiger partial charge in [0.25, 0.3) is 0 Å². The number of halogens is 1. The van der Waals surface area contributed by atoms with Gasteiger partial charge in [0.1, 0.15) is 5.82 Å². The molecular weight excluding hydrogens is 237 g/mol. The van der Waals surface area contributed by atoms with E-state index in [1.54, 1.807) is 6.07 Å². The fraction of sp³-hybridized carbons (Fsp3) is 0.294. The lowest BCUT2D eigenvalue weighted by atomic mass is 9.85. The summed E-state index contributed by atoms with van der Waals surface area (Å²) in [5.74, 6) is 0.0211. The van der Waals surface area contributed by atoms with Crippen LogP contribution in [0.5, 0.6) is 0 Å². The second-order valence-corrected chi connectivity index (χ2v) is 5.00. The second-order valence-electron chi connectivity index (χ2n) is 5.00. The topological polar surface area (TPSA) is 26.0 Å². The van der Waals surface area contributed by atoms with E-state index in [2.05, 4.69) is 25.1 Å². The van der Waals surface area contributed by atoms with Crippen molar-refractivity contribution in [2.45, 2.75) is 26.2 Å². The molecule has 2 heteroatoms. The third-order valence-corrected chi connectivity index (χ3v) is 3.58. The normalized spacial score (nSPS) is 12.4. The standard InChI is InChI=1S/C17H20FN/c1-12-5-3-6-14(11-12)16(9-10-19)15-7-4-8-17(18)13(15)2/h3-8,11,16H,9-10,19H2,1-2H3. The molecule has 0 fully saturated rings. The van der Waals surface area contributed by atoms with Gasteiger partial charge in [0.15, 0.2) is 0 Å². The number of hydrogen-bond donors (Lipinski definition) is 1. The average molecular weight is 257 g/mol. The van der Waals surface area contributed by atoms with E-state index < -0.39 is 0 Å². The Labute approximate surface area is 114 Å². The molecule has 0 saturated heterocycles. The van der Waals surface area contributed by atoms with E-state index in [1.807, 2.05) is 19.1 Å². The van der Waals surface area contributed by atoms with Crippen LogP contribution in [0.1, 0.15) is 34.6 Å². The van der Waals surface area contributed by atoms with E-state index >= 15 is 0 Å². The van der Waals surface area contributed by atoms with Gasteiger partial charge in [0.2, 0.25) is 0 Å². The van der Waals surface area contributed by atoms with Gasteiger partial charge in [-0.2, -0.15) is 0 Å². The molecule has 0 saturated carbocycles. The van der Waals surface area contributed by atoms with Gasteiger partial charge in [-0.1, -0.05) is 42.0 Å². The predicted molar refractivity (Wildman–Crippen MR) is 77.8 cm³/mol. The zero-order valence-corrected chi connectivity index (χ0v) is 11.5. The van der Waals surface area contributed by atoms with Crippen LogP contribution in [0.3, 0.4) is 0 Å². The monoisotopic (exact) mass is 257 g/mol. The van der Waals surface area contributed by atoms with E-state index in [0.717, 1.165) is 17.5 Å². The highest BCUT2D eigenvalue weighted by Gasteiger charge is 2.17. The lowest BCUT2D eigenvalue weighted by Crippen LogP contribution is -2.10. The minimum Gasteiger partial charge on any atom is -0.330 e. The first kappa shape index (κ1) is 13.8. The molecule has 0 aromatic heterocycles. The molecule has 0 amide bonds. The zero-order valence-electron chi connectivity index (χ0n) is 11.5. The van der Waals surface area contributed by atoms with Gasteiger partial charge < -0.3 is 5.73 Å². The SMILES string of the molecule is Cc1cccc(C(CCN)c2cccc(F)c2C)c1. The average Bonchev–Trinajstić information content (AvgIpc) is 2.40. The van der Waals surface area contributed by atoms with Crippen LogP contribution >= 0.6 is 0 Å². The molecular formula is C17H20FN. The lowest BCUT2D eigenvalue weighted by molar-refractivity contribution is 0.609. The molecule has 0 aliphatic carbocycles. The van der Waals surface area contributed by atoms with Gasteiger partial charge in [-0.3, -0.25) is 0 Å². The van der Waals surface area contributed by atoms with Gasteiger partial charge in [-0.25, -0.2) is 4.39 Å². The second kappa shape index (κ2) is 5.98. The van der Waals surface area contributed by atoms with Crippen molar-refractivity contribution in [3.8, 4) is 0 Å². The van der Waals surface area contributed by atoms with Crippen LogP contribution in [0, 0.1) is 19.7 Å². The van der Waals surface area contributed by atoms with Crippen LogP contribution < -0.4 is 5.73 Å². The summed E-state index contributed by atoms with van der Waals surface area (Å²) in [6, 6.07) is 13.7. The molecule has 2 aromatic carbocycles. The van der Waals surface area contributed by atoms with Crippen LogP contribution in [-0.4, -0.2) is 6.54 Å². The van der Waals surface area contributed by atoms with Crippen molar-refractivity contribution in [1.29, 1.82) is 0 Å². The van der Waals surface area contributed by atoms with E-state index in [1.165, 1.54) is 17.2 Å². The van der Waals surface area contributed by atoms with Crippen LogP contribution in [0.2, 0.25) is 0 Å². The summed E-state index contributed by atoms with van der Waals surface area (Å²) in [4.78, 5) is 0. The highest BCUT2D eigenvalue weighted by atomic mass is 19.1. The Hall–Kier alpha value is -1.67. The summed E-state index contributed by atoms with van der Waals surface area (Å²) in [7, 11) is 0.